The Morgan fingerprint density at radius 2 is 2.07 bits per heavy atom. The normalized spacial score (nSPS) is 10.5. The van der Waals surface area contributed by atoms with Crippen LogP contribution < -0.4 is 26.0 Å². The van der Waals surface area contributed by atoms with E-state index in [9.17, 15) is 19.6 Å². The van der Waals surface area contributed by atoms with Gasteiger partial charge in [-0.1, -0.05) is 0 Å². The number of fused-ring (bicyclic) bond motifs is 1. The van der Waals surface area contributed by atoms with Gasteiger partial charge in [-0.3, -0.25) is 14.6 Å². The van der Waals surface area contributed by atoms with Crippen molar-refractivity contribution >= 4 is 44.9 Å². The van der Waals surface area contributed by atoms with Crippen molar-refractivity contribution in [2.24, 2.45) is 0 Å². The highest BCUT2D eigenvalue weighted by Gasteiger charge is 2.18. The topological polar surface area (TPSA) is 137 Å². The summed E-state index contributed by atoms with van der Waals surface area (Å²) in [6, 6.07) is 6.97. The van der Waals surface area contributed by atoms with Gasteiger partial charge in [0.05, 0.1) is 35.4 Å². The largest absolute Gasteiger partial charge is 0.497 e. The number of aromatic nitrogens is 2. The molecule has 0 aliphatic rings. The van der Waals surface area contributed by atoms with E-state index in [-0.39, 0.29) is 27.4 Å². The van der Waals surface area contributed by atoms with Crippen LogP contribution in [0, 0.1) is 11.3 Å². The van der Waals surface area contributed by atoms with Gasteiger partial charge in [0.2, 0.25) is 5.91 Å². The summed E-state index contributed by atoms with van der Waals surface area (Å²) in [5.74, 6) is 0.713. The molecule has 9 nitrogen and oxygen atoms in total. The zero-order valence-electron chi connectivity index (χ0n) is 14.7. The molecule has 1 amide bonds. The van der Waals surface area contributed by atoms with Crippen LogP contribution >= 0.6 is 23.1 Å². The lowest BCUT2D eigenvalue weighted by Crippen LogP contribution is -2.20. The maximum absolute atomic E-state index is 12.3. The molecule has 0 saturated carbocycles. The van der Waals surface area contributed by atoms with Gasteiger partial charge < -0.3 is 19.8 Å². The van der Waals surface area contributed by atoms with Crippen molar-refractivity contribution in [3.8, 4) is 17.6 Å². The van der Waals surface area contributed by atoms with Crippen molar-refractivity contribution in [2.45, 2.75) is 4.21 Å². The highest BCUT2D eigenvalue weighted by Crippen LogP contribution is 2.35. The monoisotopic (exact) mass is 418 g/mol. The van der Waals surface area contributed by atoms with Crippen LogP contribution in [0.2, 0.25) is 0 Å². The predicted octanol–water partition coefficient (Wildman–Crippen LogP) is 1.90. The lowest BCUT2D eigenvalue weighted by Gasteiger charge is -2.11. The van der Waals surface area contributed by atoms with Gasteiger partial charge in [-0.2, -0.15) is 5.26 Å². The number of anilines is 1. The molecule has 3 N–H and O–H groups in total. The summed E-state index contributed by atoms with van der Waals surface area (Å²) in [5.41, 5.74) is -0.428. The Hall–Kier alpha value is -3.23. The fourth-order valence-corrected chi connectivity index (χ4v) is 4.54. The van der Waals surface area contributed by atoms with Gasteiger partial charge in [-0.25, -0.2) is 4.79 Å². The number of thioether (sulfide) groups is 1. The molecule has 0 spiro atoms. The van der Waals surface area contributed by atoms with Gasteiger partial charge in [-0.15, -0.1) is 23.1 Å². The molecule has 3 aromatic rings. The quantitative estimate of drug-likeness (QED) is 0.520. The third kappa shape index (κ3) is 3.88. The molecule has 0 bridgehead atoms. The summed E-state index contributed by atoms with van der Waals surface area (Å²) in [4.78, 5) is 40.2. The molecule has 2 aromatic heterocycles. The Bertz CT molecular complexity index is 1200. The number of methoxy groups -OCH3 is 2. The van der Waals surface area contributed by atoms with E-state index in [0.717, 1.165) is 23.1 Å². The fraction of sp³-hybridized carbons (Fsp3) is 0.176. The Morgan fingerprint density at radius 1 is 1.29 bits per heavy atom. The van der Waals surface area contributed by atoms with Crippen molar-refractivity contribution in [1.82, 2.24) is 9.97 Å². The van der Waals surface area contributed by atoms with E-state index in [4.69, 9.17) is 9.47 Å². The second kappa shape index (κ2) is 8.20. The van der Waals surface area contributed by atoms with Crippen LogP contribution in [0.4, 0.5) is 5.69 Å². The molecule has 0 aliphatic heterocycles. The summed E-state index contributed by atoms with van der Waals surface area (Å²) >= 11 is 2.15. The van der Waals surface area contributed by atoms with Gasteiger partial charge in [0.25, 0.3) is 5.56 Å². The zero-order valence-corrected chi connectivity index (χ0v) is 16.4. The van der Waals surface area contributed by atoms with Gasteiger partial charge in [0, 0.05) is 6.07 Å². The molecule has 28 heavy (non-hydrogen) atoms. The van der Waals surface area contributed by atoms with Crippen molar-refractivity contribution in [3.05, 3.63) is 44.6 Å². The first-order valence-electron chi connectivity index (χ1n) is 7.80. The van der Waals surface area contributed by atoms with Crippen molar-refractivity contribution in [1.29, 1.82) is 5.26 Å². The first-order chi connectivity index (χ1) is 13.5. The van der Waals surface area contributed by atoms with E-state index in [1.807, 2.05) is 6.07 Å². The number of H-pyrrole nitrogens is 2. The highest BCUT2D eigenvalue weighted by molar-refractivity contribution is 8.02. The van der Waals surface area contributed by atoms with Crippen LogP contribution in [0.5, 0.6) is 11.5 Å². The Labute approximate surface area is 166 Å². The van der Waals surface area contributed by atoms with E-state index < -0.39 is 11.2 Å². The maximum atomic E-state index is 12.3. The maximum Gasteiger partial charge on any atom is 0.326 e. The smallest absolute Gasteiger partial charge is 0.326 e. The molecule has 0 radical (unpaired) electrons. The minimum Gasteiger partial charge on any atom is -0.497 e. The molecular formula is C17H14N4O5S2. The lowest BCUT2D eigenvalue weighted by atomic mass is 10.2. The van der Waals surface area contributed by atoms with Crippen molar-refractivity contribution < 1.29 is 14.3 Å². The Morgan fingerprint density at radius 3 is 2.75 bits per heavy atom. The van der Waals surface area contributed by atoms with E-state index in [0.29, 0.717) is 21.4 Å². The zero-order chi connectivity index (χ0) is 20.3. The van der Waals surface area contributed by atoms with Crippen LogP contribution in [0.3, 0.4) is 0 Å². The van der Waals surface area contributed by atoms with Gasteiger partial charge in [0.15, 0.2) is 0 Å². The fourth-order valence-electron chi connectivity index (χ4n) is 2.42. The van der Waals surface area contributed by atoms with Crippen LogP contribution in [-0.4, -0.2) is 35.8 Å². The van der Waals surface area contributed by atoms with E-state index >= 15 is 0 Å². The number of nitrogens with one attached hydrogen (secondary N) is 3. The summed E-state index contributed by atoms with van der Waals surface area (Å²) in [6.07, 6.45) is 0. The molecular weight excluding hydrogens is 404 g/mol. The first-order valence-corrected chi connectivity index (χ1v) is 9.61. The molecule has 0 saturated heterocycles. The number of benzene rings is 1. The summed E-state index contributed by atoms with van der Waals surface area (Å²) in [6.45, 7) is 0. The predicted molar refractivity (Wildman–Crippen MR) is 107 cm³/mol. The summed E-state index contributed by atoms with van der Waals surface area (Å²) < 4.78 is 11.1. The minimum atomic E-state index is -0.687. The average Bonchev–Trinajstić information content (AvgIpc) is 3.04. The van der Waals surface area contributed by atoms with E-state index in [1.54, 1.807) is 18.2 Å². The second-order valence-corrected chi connectivity index (χ2v) is 7.66. The number of nitriles is 1. The average molecular weight is 418 g/mol. The Balaban J connectivity index is 1.79. The van der Waals surface area contributed by atoms with Crippen LogP contribution in [0.25, 0.3) is 10.2 Å². The number of rotatable bonds is 6. The SMILES string of the molecule is COc1ccc(NC(=O)CSc2sc3c(=O)[nH]c(=O)[nH]c3c2C#N)c(OC)c1. The lowest BCUT2D eigenvalue weighted by molar-refractivity contribution is -0.113. The summed E-state index contributed by atoms with van der Waals surface area (Å²) in [5, 5.41) is 12.1. The molecule has 11 heteroatoms. The number of carbonyl (C=O) groups excluding carboxylic acids is 1. The van der Waals surface area contributed by atoms with E-state index in [2.05, 4.69) is 15.3 Å². The number of amides is 1. The van der Waals surface area contributed by atoms with Gasteiger partial charge in [-0.05, 0) is 12.1 Å². The van der Waals surface area contributed by atoms with Crippen LogP contribution in [0.15, 0.2) is 32.0 Å². The Kier molecular flexibility index (Phi) is 5.72. The van der Waals surface area contributed by atoms with Crippen LogP contribution in [-0.2, 0) is 4.79 Å². The highest BCUT2D eigenvalue weighted by atomic mass is 32.2. The molecule has 1 aromatic carbocycles. The molecule has 0 unspecified atom stereocenters. The van der Waals surface area contributed by atoms with Gasteiger partial charge >= 0.3 is 5.69 Å². The number of carbonyl (C=O) groups is 1. The number of nitrogens with zero attached hydrogens (tertiary/aromatic N) is 1. The standard InChI is InChI=1S/C17H14N4O5S2/c1-25-8-3-4-10(11(5-8)26-2)19-12(22)7-27-16-9(6-18)13-14(28-16)15(23)21-17(24)20-13/h3-5H,7H2,1-2H3,(H,19,22)(H2,20,21,23,24). The van der Waals surface area contributed by atoms with Crippen LogP contribution in [0.1, 0.15) is 5.56 Å². The van der Waals surface area contributed by atoms with E-state index in [1.165, 1.54) is 14.2 Å². The second-order valence-electron chi connectivity index (χ2n) is 5.39. The minimum absolute atomic E-state index is 0.00117. The van der Waals surface area contributed by atoms with Crippen molar-refractivity contribution in [3.63, 3.8) is 0 Å². The molecule has 3 rings (SSSR count). The summed E-state index contributed by atoms with van der Waals surface area (Å²) in [7, 11) is 3.01. The molecule has 0 fully saturated rings. The third-order valence-corrected chi connectivity index (χ3v) is 6.14. The molecule has 144 valence electrons. The third-order valence-electron chi connectivity index (χ3n) is 3.68. The van der Waals surface area contributed by atoms with Crippen molar-refractivity contribution in [2.75, 3.05) is 25.3 Å². The first kappa shape index (κ1) is 19.5. The number of ether oxygens (including phenoxy) is 2. The number of hydrogen-bond acceptors (Lipinski definition) is 8. The number of hydrogen-bond donors (Lipinski definition) is 3. The number of aromatic amines is 2. The molecule has 0 atom stereocenters. The number of thiophene rings is 1. The molecule has 0 aliphatic carbocycles. The molecule has 2 heterocycles. The van der Waals surface area contributed by atoms with Gasteiger partial charge in [0.1, 0.15) is 27.8 Å².